The molecule has 4 rings (SSSR count). The van der Waals surface area contributed by atoms with Gasteiger partial charge in [0, 0.05) is 38.9 Å². The van der Waals surface area contributed by atoms with E-state index in [1.54, 1.807) is 24.3 Å². The average Bonchev–Trinajstić information content (AvgIpc) is 3.97. The Bertz CT molecular complexity index is 2400. The van der Waals surface area contributed by atoms with Crippen LogP contribution in [0.15, 0.2) is 58.5 Å². The molecule has 2 heterocycles. The molecule has 23 nitrogen and oxygen atoms in total. The molecule has 0 spiro atoms. The number of hydrogen-bond donors (Lipinski definition) is 11. The summed E-state index contributed by atoms with van der Waals surface area (Å²) in [6, 6.07) is 8.55. The smallest absolute Gasteiger partial charge is 0.481 e. The fourth-order valence-electron chi connectivity index (χ4n) is 8.60. The van der Waals surface area contributed by atoms with Crippen LogP contribution in [0.3, 0.4) is 0 Å². The van der Waals surface area contributed by atoms with E-state index >= 15 is 0 Å². The molecule has 25 heteroatoms. The van der Waals surface area contributed by atoms with Gasteiger partial charge in [-0.1, -0.05) is 68.8 Å². The summed E-state index contributed by atoms with van der Waals surface area (Å²) in [6.07, 6.45) is 2.54. The van der Waals surface area contributed by atoms with E-state index in [0.29, 0.717) is 36.8 Å². The number of hydrogen-bond acceptors (Lipinski definition) is 13. The second-order valence-electron chi connectivity index (χ2n) is 22.9. The molecule has 5 amide bonds. The van der Waals surface area contributed by atoms with E-state index < -0.39 is 102 Å². The first-order valence-electron chi connectivity index (χ1n) is 27.4. The van der Waals surface area contributed by atoms with Gasteiger partial charge in [0.25, 0.3) is 0 Å². The molecule has 0 radical (unpaired) electrons. The van der Waals surface area contributed by atoms with E-state index in [0.717, 1.165) is 10.9 Å². The molecule has 436 valence electrons. The minimum atomic E-state index is -1.31. The number of amides is 5. The molecule has 0 unspecified atom stereocenters. The van der Waals surface area contributed by atoms with Gasteiger partial charge in [-0.25, -0.2) is 0 Å². The maximum Gasteiger partial charge on any atom is 0.494 e. The SMILES string of the molecule is CC(C)C[C@H](NC(=O)[C@H](Cc1ccc(B2OC(C)(C)C(C)(C)O2)cc1)NC(=O)[C@H](CCCN=C(N)N)NC(=O)[C@H](Cc1ccc(B2OC(C)(C)C(C)(C)O2)cc1)NC(=O)[C@@H](N)CCCN=C(N)N)C(=O)NCCCCCC(=O)O. The number of guanidine groups is 2. The predicted molar refractivity (Wildman–Crippen MR) is 306 cm³/mol. The number of carboxylic acids is 1. The van der Waals surface area contributed by atoms with Gasteiger partial charge in [-0.05, 0) is 128 Å². The first-order chi connectivity index (χ1) is 36.9. The summed E-state index contributed by atoms with van der Waals surface area (Å²) >= 11 is 0. The highest BCUT2D eigenvalue weighted by atomic mass is 16.7. The highest BCUT2D eigenvalue weighted by Gasteiger charge is 2.53. The number of aliphatic carboxylic acids is 1. The first kappa shape index (κ1) is 65.2. The van der Waals surface area contributed by atoms with Crippen molar-refractivity contribution >= 4 is 72.6 Å². The van der Waals surface area contributed by atoms with Gasteiger partial charge in [0.1, 0.15) is 24.2 Å². The second kappa shape index (κ2) is 29.3. The highest BCUT2D eigenvalue weighted by Crippen LogP contribution is 2.37. The minimum absolute atomic E-state index is 0.00985. The van der Waals surface area contributed by atoms with Crippen molar-refractivity contribution in [1.82, 2.24) is 26.6 Å². The Morgan fingerprint density at radius 1 is 0.532 bits per heavy atom. The maximum absolute atomic E-state index is 14.8. The lowest BCUT2D eigenvalue weighted by molar-refractivity contribution is -0.137. The van der Waals surface area contributed by atoms with Crippen LogP contribution in [0.2, 0.25) is 0 Å². The van der Waals surface area contributed by atoms with Crippen LogP contribution in [0.1, 0.15) is 138 Å². The normalized spacial score (nSPS) is 17.8. The molecule has 0 saturated carbocycles. The molecule has 2 fully saturated rings. The molecular formula is C54H88B2N12O11. The number of benzene rings is 2. The van der Waals surface area contributed by atoms with Crippen molar-refractivity contribution in [3.8, 4) is 0 Å². The summed E-state index contributed by atoms with van der Waals surface area (Å²) in [5, 5.41) is 23.3. The fraction of sp³-hybridized carbons (Fsp3) is 0.630. The Morgan fingerprint density at radius 2 is 0.924 bits per heavy atom. The molecule has 0 bridgehead atoms. The van der Waals surface area contributed by atoms with Crippen LogP contribution in [-0.2, 0) is 60.2 Å². The van der Waals surface area contributed by atoms with Crippen LogP contribution >= 0.6 is 0 Å². The predicted octanol–water partition coefficient (Wildman–Crippen LogP) is 0.251. The lowest BCUT2D eigenvalue weighted by atomic mass is 9.78. The van der Waals surface area contributed by atoms with Crippen molar-refractivity contribution in [2.45, 2.75) is 192 Å². The molecule has 0 aliphatic carbocycles. The molecule has 5 atom stereocenters. The van der Waals surface area contributed by atoms with Gasteiger partial charge in [-0.2, -0.15) is 0 Å². The van der Waals surface area contributed by atoms with E-state index in [2.05, 4.69) is 36.6 Å². The van der Waals surface area contributed by atoms with Crippen molar-refractivity contribution in [3.05, 3.63) is 59.7 Å². The van der Waals surface area contributed by atoms with E-state index in [1.807, 2.05) is 93.5 Å². The zero-order valence-electron chi connectivity index (χ0n) is 47.9. The Balaban J connectivity index is 1.66. The Kier molecular flexibility index (Phi) is 24.2. The monoisotopic (exact) mass is 1100 g/mol. The number of nitrogens with two attached hydrogens (primary N) is 5. The first-order valence-corrected chi connectivity index (χ1v) is 27.4. The summed E-state index contributed by atoms with van der Waals surface area (Å²) in [4.78, 5) is 90.5. The third-order valence-electron chi connectivity index (χ3n) is 14.7. The van der Waals surface area contributed by atoms with Gasteiger partial charge in [0.15, 0.2) is 11.9 Å². The van der Waals surface area contributed by atoms with Gasteiger partial charge in [0.2, 0.25) is 29.5 Å². The quantitative estimate of drug-likeness (QED) is 0.0209. The van der Waals surface area contributed by atoms with Crippen molar-refractivity contribution in [2.24, 2.45) is 44.6 Å². The number of nitrogens with zero attached hydrogens (tertiary/aromatic N) is 2. The third kappa shape index (κ3) is 20.4. The minimum Gasteiger partial charge on any atom is -0.481 e. The van der Waals surface area contributed by atoms with Gasteiger partial charge in [-0.15, -0.1) is 0 Å². The zero-order chi connectivity index (χ0) is 58.9. The molecule has 79 heavy (non-hydrogen) atoms. The molecule has 2 aliphatic heterocycles. The standard InChI is InChI=1S/C54H88B2N12O11/c1-33(2)30-40(45(72)62-27-13-11-12-18-43(69)70)67-48(75)42(32-35-21-25-37(26-22-35)56-78-53(7,8)54(9,10)79-56)68-46(73)39(17-15-29-64-50(60)61)65-47(74)41(66-44(71)38(57)16-14-28-63-49(58)59)31-34-19-23-36(24-20-34)55-76-51(3,4)52(5,6)77-55/h19-26,33,38-42H,11-18,27-32,57H2,1-10H3,(H,62,72)(H,65,74)(H,66,71)(H,67,75)(H,68,73)(H,69,70)(H4,58,59,63)(H4,60,61,64)/t38-,39-,40-,41-,42-/m0/s1. The molecule has 16 N–H and O–H groups in total. The van der Waals surface area contributed by atoms with Crippen LogP contribution in [0.4, 0.5) is 0 Å². The summed E-state index contributed by atoms with van der Waals surface area (Å²) in [7, 11) is -1.30. The van der Waals surface area contributed by atoms with Crippen molar-refractivity contribution in [2.75, 3.05) is 19.6 Å². The second-order valence-corrected chi connectivity index (χ2v) is 22.9. The number of carboxylic acid groups (broad SMARTS) is 1. The lowest BCUT2D eigenvalue weighted by Gasteiger charge is -2.32. The van der Waals surface area contributed by atoms with Crippen LogP contribution in [0.25, 0.3) is 0 Å². The Hall–Kier alpha value is -6.27. The maximum atomic E-state index is 14.8. The van der Waals surface area contributed by atoms with Gasteiger partial charge >= 0.3 is 20.2 Å². The Morgan fingerprint density at radius 3 is 1.34 bits per heavy atom. The molecule has 2 aliphatic rings. The number of nitrogens with one attached hydrogen (secondary N) is 5. The number of aliphatic imine (C=N–C) groups is 2. The third-order valence-corrected chi connectivity index (χ3v) is 14.7. The number of rotatable bonds is 31. The topological polar surface area (TPSA) is 375 Å². The summed E-state index contributed by atoms with van der Waals surface area (Å²) < 4.78 is 25.0. The molecule has 2 saturated heterocycles. The largest absolute Gasteiger partial charge is 0.494 e. The van der Waals surface area contributed by atoms with Crippen molar-refractivity contribution < 1.29 is 52.5 Å². The zero-order valence-corrected chi connectivity index (χ0v) is 47.9. The summed E-state index contributed by atoms with van der Waals surface area (Å²) in [5.41, 5.74) is 29.0. The molecule has 2 aromatic rings. The summed E-state index contributed by atoms with van der Waals surface area (Å²) in [5.74, 6) is -4.42. The number of unbranched alkanes of at least 4 members (excludes halogenated alkanes) is 2. The number of carbonyl (C=O) groups is 6. The highest BCUT2D eigenvalue weighted by molar-refractivity contribution is 6.62. The van der Waals surface area contributed by atoms with Crippen LogP contribution in [0.5, 0.6) is 0 Å². The van der Waals surface area contributed by atoms with E-state index in [9.17, 15) is 28.8 Å². The van der Waals surface area contributed by atoms with Gasteiger partial charge < -0.3 is 79.0 Å². The van der Waals surface area contributed by atoms with Gasteiger partial charge in [-0.3, -0.25) is 38.8 Å². The van der Waals surface area contributed by atoms with Gasteiger partial charge in [0.05, 0.1) is 28.4 Å². The average molecular weight is 1100 g/mol. The molecular weight excluding hydrogens is 1010 g/mol. The fourth-order valence-corrected chi connectivity index (χ4v) is 8.60. The van der Waals surface area contributed by atoms with Crippen molar-refractivity contribution in [1.29, 1.82) is 0 Å². The molecule has 0 aromatic heterocycles. The van der Waals surface area contributed by atoms with E-state index in [-0.39, 0.29) is 82.4 Å². The van der Waals surface area contributed by atoms with E-state index in [4.69, 9.17) is 52.4 Å². The number of carbonyl (C=O) groups excluding carboxylic acids is 5. The summed E-state index contributed by atoms with van der Waals surface area (Å²) in [6.45, 7) is 20.0. The van der Waals surface area contributed by atoms with E-state index in [1.165, 1.54) is 0 Å². The van der Waals surface area contributed by atoms with Crippen LogP contribution in [0, 0.1) is 5.92 Å². The molecule has 2 aromatic carbocycles. The van der Waals surface area contributed by atoms with Crippen molar-refractivity contribution in [3.63, 3.8) is 0 Å². The van der Waals surface area contributed by atoms with Crippen LogP contribution < -0.4 is 66.2 Å². The Labute approximate surface area is 466 Å². The van der Waals surface area contributed by atoms with Crippen LogP contribution in [-0.4, -0.2) is 139 Å². The lowest BCUT2D eigenvalue weighted by Crippen LogP contribution is -2.59.